The summed E-state index contributed by atoms with van der Waals surface area (Å²) in [5.74, 6) is 0.953. The maximum atomic E-state index is 5.08. The average Bonchev–Trinajstić information content (AvgIpc) is 3.43. The molecule has 42 heavy (non-hydrogen) atoms. The highest BCUT2D eigenvalue weighted by Gasteiger charge is 2.32. The zero-order chi connectivity index (χ0) is 28.0. The Kier molecular flexibility index (Phi) is 4.70. The monoisotopic (exact) mass is 536 g/mol. The fourth-order valence-electron chi connectivity index (χ4n) is 7.35. The number of hydrogen-bond acceptors (Lipinski definition) is 1. The molecule has 1 heterocycles. The lowest BCUT2D eigenvalue weighted by Crippen LogP contribution is -2.22. The molecule has 0 unspecified atom stereocenters. The normalized spacial score (nSPS) is 13.7. The van der Waals surface area contributed by atoms with E-state index in [1.54, 1.807) is 0 Å². The van der Waals surface area contributed by atoms with Crippen molar-refractivity contribution in [3.8, 4) is 28.2 Å². The van der Waals surface area contributed by atoms with Crippen LogP contribution in [0.5, 0.6) is 0 Å². The van der Waals surface area contributed by atoms with Crippen LogP contribution in [-0.4, -0.2) is 9.55 Å². The molecule has 0 saturated heterocycles. The van der Waals surface area contributed by atoms with Crippen molar-refractivity contribution in [2.24, 2.45) is 0 Å². The zero-order valence-corrected chi connectivity index (χ0v) is 23.6. The van der Waals surface area contributed by atoms with Gasteiger partial charge in [0.1, 0.15) is 5.82 Å². The highest BCUT2D eigenvalue weighted by molar-refractivity contribution is 6.26. The van der Waals surface area contributed by atoms with E-state index in [4.69, 9.17) is 4.98 Å². The van der Waals surface area contributed by atoms with Gasteiger partial charge in [0, 0.05) is 16.7 Å². The number of hydrogen-bond donors (Lipinski definition) is 0. The van der Waals surface area contributed by atoms with Gasteiger partial charge >= 0.3 is 0 Å². The smallest absolute Gasteiger partial charge is 0.145 e. The van der Waals surface area contributed by atoms with Crippen LogP contribution in [0, 0.1) is 0 Å². The Labute approximate surface area is 244 Å². The number of imidazole rings is 1. The number of fused-ring (bicyclic) bond motifs is 1. The fraction of sp³-hybridized carbons (Fsp3) is 0.0750. The molecule has 1 aromatic heterocycles. The van der Waals surface area contributed by atoms with Gasteiger partial charge in [-0.05, 0) is 84.9 Å². The molecule has 8 aromatic rings. The molecule has 0 N–H and O–H groups in total. The third-order valence-electron chi connectivity index (χ3n) is 9.36. The molecule has 1 aliphatic carbocycles. The van der Waals surface area contributed by atoms with Crippen LogP contribution in [0.25, 0.3) is 71.6 Å². The molecule has 0 spiro atoms. The lowest BCUT2D eigenvalue weighted by molar-refractivity contribution is 0.652. The molecule has 9 rings (SSSR count). The largest absolute Gasteiger partial charge is 0.292 e. The second-order valence-electron chi connectivity index (χ2n) is 12.0. The van der Waals surface area contributed by atoms with Gasteiger partial charge in [-0.2, -0.15) is 0 Å². The van der Waals surface area contributed by atoms with Crippen LogP contribution >= 0.6 is 0 Å². The number of nitrogens with zero attached hydrogens (tertiary/aromatic N) is 2. The quantitative estimate of drug-likeness (QED) is 0.205. The van der Waals surface area contributed by atoms with Crippen LogP contribution in [0.15, 0.2) is 133 Å². The standard InChI is InChI=1S/C40H28N2/c1-40(2)32-14-8-10-26-20-23-28-24-31(30-13-9-15-33(40)38(30)37(28)36(26)32)25-18-21-27(22-19-25)39-41-34-16-6-7-17-35(34)42(39)29-11-4-3-5-12-29/h3-24H,1-2H3. The van der Waals surface area contributed by atoms with Gasteiger partial charge in [0.25, 0.3) is 0 Å². The molecule has 0 radical (unpaired) electrons. The number of benzene rings is 7. The van der Waals surface area contributed by atoms with E-state index in [-0.39, 0.29) is 5.41 Å². The molecule has 198 valence electrons. The van der Waals surface area contributed by atoms with Gasteiger partial charge in [-0.1, -0.05) is 117 Å². The lowest BCUT2D eigenvalue weighted by atomic mass is 9.69. The average molecular weight is 537 g/mol. The van der Waals surface area contributed by atoms with E-state index in [1.165, 1.54) is 54.6 Å². The predicted octanol–water partition coefficient (Wildman–Crippen LogP) is 10.5. The molecular formula is C40H28N2. The summed E-state index contributed by atoms with van der Waals surface area (Å²) in [5.41, 5.74) is 9.57. The van der Waals surface area contributed by atoms with Crippen molar-refractivity contribution in [3.05, 3.63) is 145 Å². The Balaban J connectivity index is 1.27. The molecular weight excluding hydrogens is 508 g/mol. The Morgan fingerprint density at radius 2 is 1.24 bits per heavy atom. The zero-order valence-electron chi connectivity index (χ0n) is 23.6. The van der Waals surface area contributed by atoms with Gasteiger partial charge in [0.05, 0.1) is 11.0 Å². The number of rotatable bonds is 3. The van der Waals surface area contributed by atoms with Crippen molar-refractivity contribution < 1.29 is 0 Å². The Morgan fingerprint density at radius 1 is 0.548 bits per heavy atom. The second kappa shape index (κ2) is 8.41. The third kappa shape index (κ3) is 3.12. The molecule has 0 saturated carbocycles. The molecule has 0 bridgehead atoms. The van der Waals surface area contributed by atoms with Gasteiger partial charge in [-0.15, -0.1) is 0 Å². The Hall–Kier alpha value is -5.21. The van der Waals surface area contributed by atoms with Crippen molar-refractivity contribution >= 4 is 43.4 Å². The maximum absolute atomic E-state index is 5.08. The maximum Gasteiger partial charge on any atom is 0.145 e. The van der Waals surface area contributed by atoms with Crippen LogP contribution < -0.4 is 0 Å². The summed E-state index contributed by atoms with van der Waals surface area (Å²) in [5, 5.41) is 8.14. The van der Waals surface area contributed by atoms with E-state index in [9.17, 15) is 0 Å². The molecule has 0 fully saturated rings. The molecule has 0 atom stereocenters. The number of para-hydroxylation sites is 3. The topological polar surface area (TPSA) is 17.8 Å². The summed E-state index contributed by atoms with van der Waals surface area (Å²) in [7, 11) is 0. The highest BCUT2D eigenvalue weighted by Crippen LogP contribution is 2.50. The summed E-state index contributed by atoms with van der Waals surface area (Å²) in [6.07, 6.45) is 0. The van der Waals surface area contributed by atoms with Gasteiger partial charge in [-0.25, -0.2) is 4.98 Å². The molecule has 0 amide bonds. The Bertz CT molecular complexity index is 2360. The predicted molar refractivity (Wildman–Crippen MR) is 177 cm³/mol. The minimum Gasteiger partial charge on any atom is -0.292 e. The molecule has 0 aliphatic heterocycles. The van der Waals surface area contributed by atoms with Crippen LogP contribution in [0.4, 0.5) is 0 Å². The Morgan fingerprint density at radius 3 is 2.07 bits per heavy atom. The summed E-state index contributed by atoms with van der Waals surface area (Å²) >= 11 is 0. The first-order valence-electron chi connectivity index (χ1n) is 14.7. The van der Waals surface area contributed by atoms with Crippen molar-refractivity contribution in [3.63, 3.8) is 0 Å². The van der Waals surface area contributed by atoms with Crippen LogP contribution in [0.3, 0.4) is 0 Å². The second-order valence-corrected chi connectivity index (χ2v) is 12.0. The summed E-state index contributed by atoms with van der Waals surface area (Å²) in [6, 6.07) is 48.5. The van der Waals surface area contributed by atoms with Crippen LogP contribution in [-0.2, 0) is 5.41 Å². The minimum atomic E-state index is -0.0701. The van der Waals surface area contributed by atoms with Crippen LogP contribution in [0.2, 0.25) is 0 Å². The van der Waals surface area contributed by atoms with Gasteiger partial charge < -0.3 is 0 Å². The van der Waals surface area contributed by atoms with Crippen LogP contribution in [0.1, 0.15) is 25.0 Å². The van der Waals surface area contributed by atoms with E-state index in [2.05, 4.69) is 152 Å². The first-order chi connectivity index (χ1) is 20.6. The molecule has 2 nitrogen and oxygen atoms in total. The summed E-state index contributed by atoms with van der Waals surface area (Å²) < 4.78 is 2.26. The van der Waals surface area contributed by atoms with Gasteiger partial charge in [0.2, 0.25) is 0 Å². The third-order valence-corrected chi connectivity index (χ3v) is 9.36. The first-order valence-corrected chi connectivity index (χ1v) is 14.7. The van der Waals surface area contributed by atoms with Gasteiger partial charge in [-0.3, -0.25) is 4.57 Å². The fourth-order valence-corrected chi connectivity index (χ4v) is 7.35. The minimum absolute atomic E-state index is 0.0701. The van der Waals surface area contributed by atoms with E-state index < -0.39 is 0 Å². The SMILES string of the molecule is CC1(C)c2cccc3ccc4cc(-c5ccc(-c6nc7ccccc7n6-c6ccccc6)cc5)c5cccc1c5c4c23. The van der Waals surface area contributed by atoms with Gasteiger partial charge in [0.15, 0.2) is 0 Å². The lowest BCUT2D eigenvalue weighted by Gasteiger charge is -2.34. The van der Waals surface area contributed by atoms with E-state index in [0.717, 1.165) is 28.1 Å². The molecule has 2 heteroatoms. The summed E-state index contributed by atoms with van der Waals surface area (Å²) in [4.78, 5) is 5.08. The first kappa shape index (κ1) is 23.5. The van der Waals surface area contributed by atoms with E-state index >= 15 is 0 Å². The van der Waals surface area contributed by atoms with Crippen molar-refractivity contribution in [1.29, 1.82) is 0 Å². The van der Waals surface area contributed by atoms with Crippen molar-refractivity contribution in [1.82, 2.24) is 9.55 Å². The van der Waals surface area contributed by atoms with E-state index in [0.29, 0.717) is 0 Å². The highest BCUT2D eigenvalue weighted by atomic mass is 15.1. The molecule has 7 aromatic carbocycles. The van der Waals surface area contributed by atoms with Crippen molar-refractivity contribution in [2.45, 2.75) is 19.3 Å². The summed E-state index contributed by atoms with van der Waals surface area (Å²) in [6.45, 7) is 4.75. The van der Waals surface area contributed by atoms with Crippen molar-refractivity contribution in [2.75, 3.05) is 0 Å². The number of aromatic nitrogens is 2. The molecule has 1 aliphatic rings. The van der Waals surface area contributed by atoms with E-state index in [1.807, 2.05) is 0 Å².